The van der Waals surface area contributed by atoms with Gasteiger partial charge in [-0.3, -0.25) is 0 Å². The van der Waals surface area contributed by atoms with Gasteiger partial charge in [0.1, 0.15) is 5.75 Å². The highest BCUT2D eigenvalue weighted by Gasteiger charge is 2.05. The molecule has 0 radical (unpaired) electrons. The molecule has 13 heavy (non-hydrogen) atoms. The standard InChI is InChI=1S/C10H14ClNO/c1-7(2)12-6-8-9(11)4-3-5-10(8)13/h3-5,7,12-13H,6H2,1-2H3. The molecule has 0 aliphatic heterocycles. The van der Waals surface area contributed by atoms with Gasteiger partial charge in [-0.2, -0.15) is 0 Å². The summed E-state index contributed by atoms with van der Waals surface area (Å²) in [4.78, 5) is 0. The molecule has 1 aromatic rings. The fourth-order valence-corrected chi connectivity index (χ4v) is 1.26. The largest absolute Gasteiger partial charge is 0.508 e. The highest BCUT2D eigenvalue weighted by atomic mass is 35.5. The summed E-state index contributed by atoms with van der Waals surface area (Å²) in [5, 5.41) is 13.3. The Morgan fingerprint density at radius 1 is 1.46 bits per heavy atom. The Kier molecular flexibility index (Phi) is 3.58. The molecular weight excluding hydrogens is 186 g/mol. The van der Waals surface area contributed by atoms with Crippen LogP contribution in [0.4, 0.5) is 0 Å². The molecule has 0 aliphatic carbocycles. The number of rotatable bonds is 3. The number of aromatic hydroxyl groups is 1. The third kappa shape index (κ3) is 2.90. The molecule has 0 saturated heterocycles. The third-order valence-corrected chi connectivity index (χ3v) is 2.14. The molecule has 0 amide bonds. The maximum absolute atomic E-state index is 9.48. The minimum absolute atomic E-state index is 0.251. The van der Waals surface area contributed by atoms with Crippen molar-refractivity contribution in [2.45, 2.75) is 26.4 Å². The van der Waals surface area contributed by atoms with E-state index in [1.54, 1.807) is 18.2 Å². The fraction of sp³-hybridized carbons (Fsp3) is 0.400. The van der Waals surface area contributed by atoms with Gasteiger partial charge in [0.05, 0.1) is 0 Å². The highest BCUT2D eigenvalue weighted by Crippen LogP contribution is 2.24. The fourth-order valence-electron chi connectivity index (χ4n) is 1.03. The molecule has 0 aromatic heterocycles. The van der Waals surface area contributed by atoms with Crippen molar-refractivity contribution in [3.63, 3.8) is 0 Å². The molecule has 0 saturated carbocycles. The Balaban J connectivity index is 2.75. The number of nitrogens with one attached hydrogen (secondary N) is 1. The van der Waals surface area contributed by atoms with Gasteiger partial charge >= 0.3 is 0 Å². The molecule has 0 aliphatic rings. The van der Waals surface area contributed by atoms with E-state index in [2.05, 4.69) is 5.32 Å². The first-order chi connectivity index (χ1) is 6.11. The molecule has 2 N–H and O–H groups in total. The van der Waals surface area contributed by atoms with Crippen molar-refractivity contribution in [1.82, 2.24) is 5.32 Å². The van der Waals surface area contributed by atoms with Crippen molar-refractivity contribution in [2.75, 3.05) is 0 Å². The summed E-state index contributed by atoms with van der Waals surface area (Å²) < 4.78 is 0. The van der Waals surface area contributed by atoms with Crippen LogP contribution in [0.25, 0.3) is 0 Å². The molecule has 1 aromatic carbocycles. The van der Waals surface area contributed by atoms with Crippen molar-refractivity contribution >= 4 is 11.6 Å². The predicted molar refractivity (Wildman–Crippen MR) is 55.1 cm³/mol. The first kappa shape index (κ1) is 10.4. The summed E-state index contributed by atoms with van der Waals surface area (Å²) in [5.74, 6) is 0.251. The topological polar surface area (TPSA) is 32.3 Å². The van der Waals surface area contributed by atoms with Gasteiger partial charge in [-0.25, -0.2) is 0 Å². The van der Waals surface area contributed by atoms with Crippen LogP contribution in [0.5, 0.6) is 5.75 Å². The zero-order valence-electron chi connectivity index (χ0n) is 7.84. The van der Waals surface area contributed by atoms with E-state index < -0.39 is 0 Å². The lowest BCUT2D eigenvalue weighted by Gasteiger charge is -2.10. The molecule has 0 fully saturated rings. The molecule has 3 heteroatoms. The summed E-state index contributed by atoms with van der Waals surface area (Å²) in [6, 6.07) is 5.54. The second-order valence-electron chi connectivity index (χ2n) is 3.27. The van der Waals surface area contributed by atoms with Crippen molar-refractivity contribution in [3.8, 4) is 5.75 Å². The molecule has 0 spiro atoms. The van der Waals surface area contributed by atoms with E-state index >= 15 is 0 Å². The Bertz CT molecular complexity index is 266. The van der Waals surface area contributed by atoms with Gasteiger partial charge in [-0.15, -0.1) is 0 Å². The normalized spacial score (nSPS) is 10.8. The SMILES string of the molecule is CC(C)NCc1c(O)cccc1Cl. The summed E-state index contributed by atoms with van der Waals surface area (Å²) in [5.41, 5.74) is 0.762. The molecule has 0 atom stereocenters. The van der Waals surface area contributed by atoms with Gasteiger partial charge in [-0.05, 0) is 12.1 Å². The van der Waals surface area contributed by atoms with Crippen molar-refractivity contribution < 1.29 is 5.11 Å². The quantitative estimate of drug-likeness (QED) is 0.784. The van der Waals surface area contributed by atoms with Crippen LogP contribution in [0.2, 0.25) is 5.02 Å². The predicted octanol–water partition coefficient (Wildman–Crippen LogP) is 2.54. The van der Waals surface area contributed by atoms with Crippen LogP contribution in [0.3, 0.4) is 0 Å². The number of phenols is 1. The molecule has 1 rings (SSSR count). The van der Waals surface area contributed by atoms with Crippen LogP contribution in [0.1, 0.15) is 19.4 Å². The number of hydrogen-bond donors (Lipinski definition) is 2. The first-order valence-corrected chi connectivity index (χ1v) is 4.69. The Hall–Kier alpha value is -0.730. The van der Waals surface area contributed by atoms with Crippen molar-refractivity contribution in [1.29, 1.82) is 0 Å². The molecule has 2 nitrogen and oxygen atoms in total. The Morgan fingerprint density at radius 2 is 2.15 bits per heavy atom. The number of benzene rings is 1. The third-order valence-electron chi connectivity index (χ3n) is 1.78. The Labute approximate surface area is 83.5 Å². The summed E-state index contributed by atoms with van der Waals surface area (Å²) in [7, 11) is 0. The summed E-state index contributed by atoms with van der Waals surface area (Å²) >= 11 is 5.91. The number of halogens is 1. The zero-order valence-corrected chi connectivity index (χ0v) is 8.60. The van der Waals surface area contributed by atoms with Gasteiger partial charge in [0.15, 0.2) is 0 Å². The van der Waals surface area contributed by atoms with Crippen LogP contribution in [-0.2, 0) is 6.54 Å². The monoisotopic (exact) mass is 199 g/mol. The van der Waals surface area contributed by atoms with E-state index in [1.165, 1.54) is 0 Å². The van der Waals surface area contributed by atoms with Crippen LogP contribution >= 0.6 is 11.6 Å². The van der Waals surface area contributed by atoms with Gasteiger partial charge < -0.3 is 10.4 Å². The lowest BCUT2D eigenvalue weighted by atomic mass is 10.2. The van der Waals surface area contributed by atoms with Crippen LogP contribution in [0.15, 0.2) is 18.2 Å². The van der Waals surface area contributed by atoms with Gasteiger partial charge in [-0.1, -0.05) is 31.5 Å². The lowest BCUT2D eigenvalue weighted by molar-refractivity contribution is 0.461. The number of phenolic OH excluding ortho intramolecular Hbond substituents is 1. The van der Waals surface area contributed by atoms with E-state index in [-0.39, 0.29) is 5.75 Å². The molecule has 72 valence electrons. The average molecular weight is 200 g/mol. The second-order valence-corrected chi connectivity index (χ2v) is 3.68. The van der Waals surface area contributed by atoms with Crippen LogP contribution < -0.4 is 5.32 Å². The zero-order chi connectivity index (χ0) is 9.84. The van der Waals surface area contributed by atoms with E-state index in [4.69, 9.17) is 11.6 Å². The van der Waals surface area contributed by atoms with Gasteiger partial charge in [0.25, 0.3) is 0 Å². The van der Waals surface area contributed by atoms with E-state index in [9.17, 15) is 5.11 Å². The van der Waals surface area contributed by atoms with E-state index in [0.717, 1.165) is 5.56 Å². The van der Waals surface area contributed by atoms with Gasteiger partial charge in [0, 0.05) is 23.2 Å². The van der Waals surface area contributed by atoms with E-state index in [0.29, 0.717) is 17.6 Å². The highest BCUT2D eigenvalue weighted by molar-refractivity contribution is 6.31. The Morgan fingerprint density at radius 3 is 2.69 bits per heavy atom. The first-order valence-electron chi connectivity index (χ1n) is 4.31. The summed E-state index contributed by atoms with van der Waals surface area (Å²) in [6.07, 6.45) is 0. The molecular formula is C10H14ClNO. The molecule has 0 bridgehead atoms. The van der Waals surface area contributed by atoms with Crippen molar-refractivity contribution in [3.05, 3.63) is 28.8 Å². The maximum atomic E-state index is 9.48. The maximum Gasteiger partial charge on any atom is 0.121 e. The molecule has 0 heterocycles. The average Bonchev–Trinajstić information content (AvgIpc) is 2.03. The van der Waals surface area contributed by atoms with Crippen LogP contribution in [-0.4, -0.2) is 11.1 Å². The minimum atomic E-state index is 0.251. The smallest absolute Gasteiger partial charge is 0.121 e. The minimum Gasteiger partial charge on any atom is -0.508 e. The number of hydrogen-bond acceptors (Lipinski definition) is 2. The molecule has 0 unspecified atom stereocenters. The second kappa shape index (κ2) is 4.49. The van der Waals surface area contributed by atoms with Crippen molar-refractivity contribution in [2.24, 2.45) is 0 Å². The summed E-state index contributed by atoms with van der Waals surface area (Å²) in [6.45, 7) is 4.70. The van der Waals surface area contributed by atoms with Gasteiger partial charge in [0.2, 0.25) is 0 Å². The lowest BCUT2D eigenvalue weighted by Crippen LogP contribution is -2.22. The van der Waals surface area contributed by atoms with E-state index in [1.807, 2.05) is 13.8 Å². The van der Waals surface area contributed by atoms with Crippen LogP contribution in [0, 0.1) is 0 Å².